The Morgan fingerprint density at radius 1 is 0.558 bits per heavy atom. The third-order valence-corrected chi connectivity index (χ3v) is 9.22. The number of carboxylic acid groups (broad SMARTS) is 4. The van der Waals surface area contributed by atoms with Crippen LogP contribution in [-0.4, -0.2) is 107 Å². The summed E-state index contributed by atoms with van der Waals surface area (Å²) in [6, 6.07) is 26.6. The average Bonchev–Trinajstić information content (AvgIpc) is 3.67. The van der Waals surface area contributed by atoms with Gasteiger partial charge in [-0.2, -0.15) is 0 Å². The van der Waals surface area contributed by atoms with E-state index in [1.54, 1.807) is 0 Å². The number of benzene rings is 3. The second kappa shape index (κ2) is 20.6. The molecule has 52 heavy (non-hydrogen) atoms. The Balaban J connectivity index is 0.000000436. The van der Waals surface area contributed by atoms with Crippen molar-refractivity contribution >= 4 is 35.0 Å². The van der Waals surface area contributed by atoms with Gasteiger partial charge in [-0.1, -0.05) is 55.0 Å². The van der Waals surface area contributed by atoms with E-state index in [4.69, 9.17) is 49.1 Å². The third kappa shape index (κ3) is 12.8. The van der Waals surface area contributed by atoms with Crippen LogP contribution in [0, 0.1) is 0 Å². The first kappa shape index (κ1) is 39.6. The molecule has 0 aromatic heterocycles. The van der Waals surface area contributed by atoms with E-state index in [0.717, 1.165) is 57.1 Å². The number of hydrogen-bond donors (Lipinski definition) is 4. The lowest BCUT2D eigenvalue weighted by molar-refractivity contribution is -0.159. The van der Waals surface area contributed by atoms with E-state index in [1.807, 2.05) is 0 Å². The molecule has 2 fully saturated rings. The number of rotatable bonds is 11. The summed E-state index contributed by atoms with van der Waals surface area (Å²) < 4.78 is 12.2. The van der Waals surface area contributed by atoms with E-state index in [9.17, 15) is 0 Å². The Labute approximate surface area is 303 Å². The second-order valence-electron chi connectivity index (χ2n) is 12.8. The smallest absolute Gasteiger partial charge is 0.414 e. The molecule has 278 valence electrons. The zero-order chi connectivity index (χ0) is 37.3. The number of allylic oxidation sites excluding steroid dienone is 2. The van der Waals surface area contributed by atoms with E-state index < -0.39 is 23.9 Å². The van der Waals surface area contributed by atoms with Crippen LogP contribution in [-0.2, 0) is 32.0 Å². The van der Waals surface area contributed by atoms with Gasteiger partial charge in [-0.15, -0.1) is 0 Å². The van der Waals surface area contributed by atoms with Crippen LogP contribution in [0.15, 0.2) is 72.8 Å². The summed E-state index contributed by atoms with van der Waals surface area (Å²) in [6.45, 7) is 8.45. The first-order valence-electron chi connectivity index (χ1n) is 17.7. The lowest BCUT2D eigenvalue weighted by atomic mass is 9.80. The highest BCUT2D eigenvalue weighted by Crippen LogP contribution is 2.39. The number of nitrogens with zero attached hydrogens (tertiary/aromatic N) is 2. The zero-order valence-electron chi connectivity index (χ0n) is 29.4. The van der Waals surface area contributed by atoms with E-state index in [1.165, 1.54) is 91.7 Å². The van der Waals surface area contributed by atoms with Gasteiger partial charge in [-0.25, -0.2) is 19.2 Å². The zero-order valence-corrected chi connectivity index (χ0v) is 29.4. The van der Waals surface area contributed by atoms with Gasteiger partial charge < -0.3 is 29.9 Å². The Morgan fingerprint density at radius 2 is 1.02 bits per heavy atom. The second-order valence-corrected chi connectivity index (χ2v) is 12.8. The van der Waals surface area contributed by atoms with Crippen molar-refractivity contribution in [3.05, 3.63) is 95.1 Å². The van der Waals surface area contributed by atoms with E-state index in [-0.39, 0.29) is 0 Å². The van der Waals surface area contributed by atoms with Gasteiger partial charge in [0, 0.05) is 13.1 Å². The van der Waals surface area contributed by atoms with Crippen molar-refractivity contribution in [2.45, 2.75) is 51.4 Å². The molecule has 0 atom stereocenters. The molecule has 6 rings (SSSR count). The Morgan fingerprint density at radius 3 is 1.52 bits per heavy atom. The van der Waals surface area contributed by atoms with Gasteiger partial charge in [0.2, 0.25) is 0 Å². The first-order chi connectivity index (χ1) is 25.1. The van der Waals surface area contributed by atoms with Crippen molar-refractivity contribution in [2.24, 2.45) is 0 Å². The Bertz CT molecular complexity index is 1610. The predicted octanol–water partition coefficient (Wildman–Crippen LogP) is 5.44. The van der Waals surface area contributed by atoms with Gasteiger partial charge in [-0.05, 0) is 129 Å². The molecule has 0 amide bonds. The maximum absolute atomic E-state index is 9.10. The number of ether oxygens (including phenoxy) is 2. The Kier molecular flexibility index (Phi) is 15.7. The molecule has 0 radical (unpaired) electrons. The fourth-order valence-corrected chi connectivity index (χ4v) is 6.56. The normalized spacial score (nSPS) is 15.6. The fourth-order valence-electron chi connectivity index (χ4n) is 6.56. The molecule has 3 aliphatic rings. The molecule has 0 saturated carbocycles. The summed E-state index contributed by atoms with van der Waals surface area (Å²) >= 11 is 0. The van der Waals surface area contributed by atoms with Crippen LogP contribution in [0.25, 0.3) is 11.1 Å². The number of hydrogen-bond acceptors (Lipinski definition) is 8. The molecule has 3 aromatic carbocycles. The van der Waals surface area contributed by atoms with E-state index in [2.05, 4.69) is 82.6 Å². The summed E-state index contributed by atoms with van der Waals surface area (Å²) in [4.78, 5) is 41.4. The molecule has 3 aromatic rings. The van der Waals surface area contributed by atoms with Gasteiger partial charge in [-0.3, -0.25) is 9.80 Å². The SMILES string of the molecule is O=C(O)C(=O)O.O=C(O)C(=O)O.c1ccc2c(c1)CCC(c1ccc(OCCN3CCCC3)cc1)=C2Cc1ccc(OCCN2CCCCC2)cc1. The highest BCUT2D eigenvalue weighted by atomic mass is 16.5. The van der Waals surface area contributed by atoms with Crippen LogP contribution in [0.2, 0.25) is 0 Å². The molecule has 2 saturated heterocycles. The number of carbonyl (C=O) groups is 4. The maximum Gasteiger partial charge on any atom is 0.414 e. The summed E-state index contributed by atoms with van der Waals surface area (Å²) in [5.41, 5.74) is 8.41. The Hall–Kier alpha value is -5.20. The number of aliphatic carboxylic acids is 4. The van der Waals surface area contributed by atoms with Crippen LogP contribution in [0.5, 0.6) is 11.5 Å². The van der Waals surface area contributed by atoms with Crippen LogP contribution in [0.1, 0.15) is 60.8 Å². The number of piperidine rings is 1. The number of aryl methyl sites for hydroxylation is 1. The molecule has 12 nitrogen and oxygen atoms in total. The quantitative estimate of drug-likeness (QED) is 0.186. The first-order valence-corrected chi connectivity index (χ1v) is 17.7. The molecule has 2 heterocycles. The van der Waals surface area contributed by atoms with Gasteiger partial charge in [0.05, 0.1) is 0 Å². The summed E-state index contributed by atoms with van der Waals surface area (Å²) in [5, 5.41) is 29.6. The lowest BCUT2D eigenvalue weighted by Gasteiger charge is -2.26. The minimum atomic E-state index is -1.82. The van der Waals surface area contributed by atoms with Crippen molar-refractivity contribution < 1.29 is 49.1 Å². The van der Waals surface area contributed by atoms with Crippen LogP contribution in [0.3, 0.4) is 0 Å². The van der Waals surface area contributed by atoms with Crippen molar-refractivity contribution in [3.63, 3.8) is 0 Å². The predicted molar refractivity (Wildman–Crippen MR) is 196 cm³/mol. The third-order valence-electron chi connectivity index (χ3n) is 9.22. The summed E-state index contributed by atoms with van der Waals surface area (Å²) in [5.74, 6) is -5.36. The van der Waals surface area contributed by atoms with Crippen LogP contribution >= 0.6 is 0 Å². The van der Waals surface area contributed by atoms with Crippen molar-refractivity contribution in [1.82, 2.24) is 9.80 Å². The van der Waals surface area contributed by atoms with Gasteiger partial charge in [0.25, 0.3) is 0 Å². The molecule has 0 spiro atoms. The standard InChI is InChI=1S/C36H44N2O2.2C2H2O4/c1-4-20-37(21-5-1)24-26-39-32-15-10-29(11-16-32)28-36-34-9-3-2-8-30(34)14-19-35(36)31-12-17-33(18-13-31)40-27-25-38-22-6-7-23-38;2*3-1(4)2(5)6/h2-3,8-13,15-18H,1,4-7,14,19-28H2;2*(H,3,4)(H,5,6). The number of fused-ring (bicyclic) bond motifs is 1. The van der Waals surface area contributed by atoms with Gasteiger partial charge >= 0.3 is 23.9 Å². The lowest BCUT2D eigenvalue weighted by Crippen LogP contribution is -2.33. The molecule has 2 aliphatic heterocycles. The molecule has 0 bridgehead atoms. The fraction of sp³-hybridized carbons (Fsp3) is 0.400. The highest BCUT2D eigenvalue weighted by molar-refractivity contribution is 6.27. The van der Waals surface area contributed by atoms with E-state index >= 15 is 0 Å². The number of carboxylic acids is 4. The topological polar surface area (TPSA) is 174 Å². The molecule has 0 unspecified atom stereocenters. The molecule has 4 N–H and O–H groups in total. The monoisotopic (exact) mass is 716 g/mol. The minimum absolute atomic E-state index is 0.763. The average molecular weight is 717 g/mol. The summed E-state index contributed by atoms with van der Waals surface area (Å²) in [7, 11) is 0. The molecular weight excluding hydrogens is 668 g/mol. The van der Waals surface area contributed by atoms with Crippen LogP contribution < -0.4 is 9.47 Å². The maximum atomic E-state index is 9.10. The van der Waals surface area contributed by atoms with E-state index in [0.29, 0.717) is 0 Å². The highest BCUT2D eigenvalue weighted by Gasteiger charge is 2.20. The molecular formula is C40H48N2O10. The van der Waals surface area contributed by atoms with Crippen LogP contribution in [0.4, 0.5) is 0 Å². The minimum Gasteiger partial charge on any atom is -0.492 e. The largest absolute Gasteiger partial charge is 0.492 e. The van der Waals surface area contributed by atoms with Crippen molar-refractivity contribution in [1.29, 1.82) is 0 Å². The number of likely N-dealkylation sites (tertiary alicyclic amines) is 2. The molecule has 12 heteroatoms. The molecule has 1 aliphatic carbocycles. The summed E-state index contributed by atoms with van der Waals surface area (Å²) in [6.07, 6.45) is 9.76. The van der Waals surface area contributed by atoms with Gasteiger partial charge in [0.1, 0.15) is 24.7 Å². The van der Waals surface area contributed by atoms with Crippen molar-refractivity contribution in [2.75, 3.05) is 52.5 Å². The van der Waals surface area contributed by atoms with Crippen molar-refractivity contribution in [3.8, 4) is 11.5 Å². The van der Waals surface area contributed by atoms with Gasteiger partial charge in [0.15, 0.2) is 0 Å².